The first-order valence-corrected chi connectivity index (χ1v) is 13.3. The summed E-state index contributed by atoms with van der Waals surface area (Å²) in [6.45, 7) is 0.588. The summed E-state index contributed by atoms with van der Waals surface area (Å²) in [6, 6.07) is 14.3. The molecule has 0 bridgehead atoms. The van der Waals surface area contributed by atoms with E-state index in [0.29, 0.717) is 11.6 Å². The van der Waals surface area contributed by atoms with Gasteiger partial charge in [0, 0.05) is 52.0 Å². The normalized spacial score (nSPS) is 21.0. The highest BCUT2D eigenvalue weighted by molar-refractivity contribution is 9.10. The molecule has 1 amide bonds. The summed E-state index contributed by atoms with van der Waals surface area (Å²) in [4.78, 5) is 16.7. The molecule has 0 radical (unpaired) electrons. The molecule has 4 nitrogen and oxygen atoms in total. The number of hydrogen-bond donors (Lipinski definition) is 0. The van der Waals surface area contributed by atoms with Crippen molar-refractivity contribution in [2.24, 2.45) is 0 Å². The van der Waals surface area contributed by atoms with E-state index in [-0.39, 0.29) is 12.5 Å². The number of ether oxygens (including phenoxy) is 1. The van der Waals surface area contributed by atoms with Crippen LogP contribution in [0.25, 0.3) is 5.70 Å². The molecule has 7 heteroatoms. The maximum Gasteiger partial charge on any atom is 0.248 e. The SMILES string of the molecule is CN(C)C(=O)COC1(C2=CC=C(Cl)CC2)c2ccc(Br)cc2C(=C2CC2)N1Cc1ccc(Cl)cc1. The monoisotopic (exact) mass is 572 g/mol. The Balaban J connectivity index is 1.72. The quantitative estimate of drug-likeness (QED) is 0.365. The van der Waals surface area contributed by atoms with Gasteiger partial charge in [0.15, 0.2) is 5.72 Å². The van der Waals surface area contributed by atoms with Crippen LogP contribution in [-0.2, 0) is 21.8 Å². The predicted octanol–water partition coefficient (Wildman–Crippen LogP) is 7.22. The van der Waals surface area contributed by atoms with Gasteiger partial charge in [-0.2, -0.15) is 0 Å². The van der Waals surface area contributed by atoms with Crippen LogP contribution in [0.2, 0.25) is 5.02 Å². The van der Waals surface area contributed by atoms with Gasteiger partial charge in [0.25, 0.3) is 0 Å². The highest BCUT2D eigenvalue weighted by Crippen LogP contribution is 2.57. The number of nitrogens with zero attached hydrogens (tertiary/aromatic N) is 2. The Morgan fingerprint density at radius 1 is 1.06 bits per heavy atom. The van der Waals surface area contributed by atoms with Crippen molar-refractivity contribution in [3.05, 3.63) is 97.0 Å². The Labute approximate surface area is 225 Å². The first-order chi connectivity index (χ1) is 16.8. The Morgan fingerprint density at radius 2 is 1.80 bits per heavy atom. The van der Waals surface area contributed by atoms with Crippen LogP contribution in [0.15, 0.2) is 75.3 Å². The van der Waals surface area contributed by atoms with Crippen LogP contribution in [0.3, 0.4) is 0 Å². The molecule has 1 heterocycles. The van der Waals surface area contributed by atoms with E-state index in [9.17, 15) is 4.79 Å². The molecular weight excluding hydrogens is 547 g/mol. The van der Waals surface area contributed by atoms with E-state index < -0.39 is 5.72 Å². The number of rotatable bonds is 6. The molecule has 1 fully saturated rings. The van der Waals surface area contributed by atoms with E-state index >= 15 is 0 Å². The van der Waals surface area contributed by atoms with Crippen LogP contribution >= 0.6 is 39.1 Å². The molecule has 2 aliphatic carbocycles. The minimum Gasteiger partial charge on any atom is -0.347 e. The molecule has 5 rings (SSSR count). The maximum atomic E-state index is 12.8. The topological polar surface area (TPSA) is 32.8 Å². The largest absolute Gasteiger partial charge is 0.347 e. The fourth-order valence-corrected chi connectivity index (χ4v) is 5.53. The number of hydrogen-bond acceptors (Lipinski definition) is 3. The number of carbonyl (C=O) groups is 1. The molecule has 2 aromatic carbocycles. The van der Waals surface area contributed by atoms with Gasteiger partial charge in [-0.15, -0.1) is 0 Å². The van der Waals surface area contributed by atoms with Gasteiger partial charge in [0.1, 0.15) is 6.61 Å². The number of amides is 1. The number of halogens is 3. The van der Waals surface area contributed by atoms with Crippen LogP contribution in [0.4, 0.5) is 0 Å². The molecule has 0 N–H and O–H groups in total. The Kier molecular flexibility index (Phi) is 6.88. The second kappa shape index (κ2) is 9.78. The molecule has 1 aliphatic heterocycles. The molecule has 0 saturated heterocycles. The molecule has 0 spiro atoms. The molecule has 182 valence electrons. The average molecular weight is 574 g/mol. The van der Waals surface area contributed by atoms with E-state index in [0.717, 1.165) is 57.5 Å². The standard InChI is InChI=1S/C28H27BrCl2N2O2/c1-32(2)26(34)17-35-28(20-7-12-23(31)13-8-20)25-14-9-21(29)15-24(25)27(19-5-6-19)33(28)16-18-3-10-22(30)11-4-18/h3-4,7,9-12,14-15H,5-6,8,13,16-17H2,1-2H3. The lowest BCUT2D eigenvalue weighted by Gasteiger charge is -2.43. The van der Waals surface area contributed by atoms with Gasteiger partial charge in [0.2, 0.25) is 5.91 Å². The summed E-state index contributed by atoms with van der Waals surface area (Å²) >= 11 is 16.2. The maximum absolute atomic E-state index is 12.8. The molecule has 35 heavy (non-hydrogen) atoms. The zero-order valence-electron chi connectivity index (χ0n) is 19.8. The van der Waals surface area contributed by atoms with Gasteiger partial charge < -0.3 is 14.5 Å². The number of carbonyl (C=O) groups excluding carboxylic acids is 1. The zero-order valence-corrected chi connectivity index (χ0v) is 22.9. The minimum atomic E-state index is -0.916. The number of benzene rings is 2. The van der Waals surface area contributed by atoms with E-state index in [4.69, 9.17) is 27.9 Å². The van der Waals surface area contributed by atoms with Gasteiger partial charge in [-0.1, -0.05) is 63.4 Å². The van der Waals surface area contributed by atoms with Crippen molar-refractivity contribution < 1.29 is 9.53 Å². The second-order valence-electron chi connectivity index (χ2n) is 9.38. The highest BCUT2D eigenvalue weighted by atomic mass is 79.9. The van der Waals surface area contributed by atoms with Crippen LogP contribution in [0, 0.1) is 0 Å². The van der Waals surface area contributed by atoms with Gasteiger partial charge in [-0.05, 0) is 72.7 Å². The Bertz CT molecular complexity index is 1260. The first kappa shape index (κ1) is 24.6. The van der Waals surface area contributed by atoms with Crippen molar-refractivity contribution in [3.63, 3.8) is 0 Å². The van der Waals surface area contributed by atoms with Crippen molar-refractivity contribution in [1.82, 2.24) is 9.80 Å². The van der Waals surface area contributed by atoms with Gasteiger partial charge in [-0.25, -0.2) is 0 Å². The lowest BCUT2D eigenvalue weighted by atomic mass is 9.88. The Hall–Kier alpha value is -2.05. The molecule has 1 unspecified atom stereocenters. The summed E-state index contributed by atoms with van der Waals surface area (Å²) in [5.74, 6) is -0.0769. The van der Waals surface area contributed by atoms with Gasteiger partial charge >= 0.3 is 0 Å². The van der Waals surface area contributed by atoms with E-state index in [1.54, 1.807) is 19.0 Å². The lowest BCUT2D eigenvalue weighted by Crippen LogP contribution is -2.46. The lowest BCUT2D eigenvalue weighted by molar-refractivity contribution is -0.152. The Morgan fingerprint density at radius 3 is 2.43 bits per heavy atom. The fraction of sp³-hybridized carbons (Fsp3) is 0.321. The molecule has 3 aliphatic rings. The van der Waals surface area contributed by atoms with E-state index in [1.807, 2.05) is 18.2 Å². The van der Waals surface area contributed by atoms with Gasteiger partial charge in [-0.3, -0.25) is 4.79 Å². The van der Waals surface area contributed by atoms with E-state index in [1.165, 1.54) is 11.3 Å². The number of fused-ring (bicyclic) bond motifs is 1. The van der Waals surface area contributed by atoms with Crippen LogP contribution in [0.1, 0.15) is 42.4 Å². The highest BCUT2D eigenvalue weighted by Gasteiger charge is 2.53. The fourth-order valence-electron chi connectivity index (χ4n) is 4.88. The summed E-state index contributed by atoms with van der Waals surface area (Å²) < 4.78 is 7.81. The van der Waals surface area contributed by atoms with Crippen molar-refractivity contribution in [1.29, 1.82) is 0 Å². The molecule has 1 atom stereocenters. The second-order valence-corrected chi connectivity index (χ2v) is 11.2. The van der Waals surface area contributed by atoms with Gasteiger partial charge in [0.05, 0.1) is 0 Å². The summed E-state index contributed by atoms with van der Waals surface area (Å²) in [5.41, 5.74) is 6.13. The third kappa shape index (κ3) is 4.72. The number of allylic oxidation sites excluding steroid dienone is 4. The van der Waals surface area contributed by atoms with Crippen LogP contribution < -0.4 is 0 Å². The molecule has 1 saturated carbocycles. The van der Waals surface area contributed by atoms with Crippen molar-refractivity contribution >= 4 is 50.7 Å². The zero-order chi connectivity index (χ0) is 24.7. The van der Waals surface area contributed by atoms with Crippen molar-refractivity contribution in [2.75, 3.05) is 20.7 Å². The molecule has 0 aromatic heterocycles. The molecular formula is C28H27BrCl2N2O2. The third-order valence-electron chi connectivity index (χ3n) is 6.78. The van der Waals surface area contributed by atoms with Crippen LogP contribution in [0.5, 0.6) is 0 Å². The molecule has 2 aromatic rings. The predicted molar refractivity (Wildman–Crippen MR) is 145 cm³/mol. The summed E-state index contributed by atoms with van der Waals surface area (Å²) in [6.07, 6.45) is 7.66. The minimum absolute atomic E-state index is 0.0307. The summed E-state index contributed by atoms with van der Waals surface area (Å²) in [7, 11) is 3.51. The van der Waals surface area contributed by atoms with E-state index in [2.05, 4.69) is 57.2 Å². The van der Waals surface area contributed by atoms with Crippen molar-refractivity contribution in [2.45, 2.75) is 38.0 Å². The third-order valence-corrected chi connectivity index (χ3v) is 7.84. The van der Waals surface area contributed by atoms with Crippen molar-refractivity contribution in [3.8, 4) is 0 Å². The van der Waals surface area contributed by atoms with Crippen LogP contribution in [-0.4, -0.2) is 36.4 Å². The smallest absolute Gasteiger partial charge is 0.248 e. The average Bonchev–Trinajstić information content (AvgIpc) is 3.63. The number of likely N-dealkylation sites (N-methyl/N-ethyl adjacent to an activating group) is 1. The first-order valence-electron chi connectivity index (χ1n) is 11.7. The summed E-state index contributed by atoms with van der Waals surface area (Å²) in [5, 5.41) is 1.53.